The van der Waals surface area contributed by atoms with Crippen molar-refractivity contribution in [2.24, 2.45) is 11.3 Å². The maximum absolute atomic E-state index is 13.5. The second-order valence-corrected chi connectivity index (χ2v) is 5.60. The summed E-state index contributed by atoms with van der Waals surface area (Å²) in [5, 5.41) is 3.30. The maximum Gasteiger partial charge on any atom is 0.129 e. The fourth-order valence-electron chi connectivity index (χ4n) is 1.43. The predicted octanol–water partition coefficient (Wildman–Crippen LogP) is 3.18. The summed E-state index contributed by atoms with van der Waals surface area (Å²) in [6, 6.07) is 4.83. The highest BCUT2D eigenvalue weighted by Crippen LogP contribution is 2.24. The van der Waals surface area contributed by atoms with E-state index in [4.69, 9.17) is 5.73 Å². The van der Waals surface area contributed by atoms with E-state index in [1.165, 1.54) is 6.07 Å². The molecule has 0 bridgehead atoms. The Bertz CT molecular complexity index is 372. The van der Waals surface area contributed by atoms with Gasteiger partial charge in [0, 0.05) is 24.3 Å². The lowest BCUT2D eigenvalue weighted by Crippen LogP contribution is -2.33. The van der Waals surface area contributed by atoms with Gasteiger partial charge in [-0.25, -0.2) is 4.39 Å². The lowest BCUT2D eigenvalue weighted by atomic mass is 9.81. The molecule has 0 heterocycles. The molecular weight excluding hydrogens is 215 g/mol. The number of anilines is 1. The summed E-state index contributed by atoms with van der Waals surface area (Å²) in [4.78, 5) is 0. The topological polar surface area (TPSA) is 38.0 Å². The first-order valence-corrected chi connectivity index (χ1v) is 6.07. The molecule has 0 saturated carbocycles. The van der Waals surface area contributed by atoms with Crippen LogP contribution in [0.1, 0.15) is 33.3 Å². The SMILES string of the molecule is CC(C)C(C)(C)CNCc1ccc(N)cc1F. The lowest BCUT2D eigenvalue weighted by molar-refractivity contribution is 0.237. The molecule has 1 aromatic carbocycles. The molecule has 0 aliphatic carbocycles. The standard InChI is InChI=1S/C14H23FN2/c1-10(2)14(3,4)9-17-8-11-5-6-12(16)7-13(11)15/h5-7,10,17H,8-9,16H2,1-4H3. The van der Waals surface area contributed by atoms with Crippen molar-refractivity contribution < 1.29 is 4.39 Å². The van der Waals surface area contributed by atoms with Crippen molar-refractivity contribution in [2.75, 3.05) is 12.3 Å². The summed E-state index contributed by atoms with van der Waals surface area (Å²) < 4.78 is 13.5. The van der Waals surface area contributed by atoms with Crippen molar-refractivity contribution in [2.45, 2.75) is 34.2 Å². The van der Waals surface area contributed by atoms with Gasteiger partial charge in [0.05, 0.1) is 0 Å². The zero-order chi connectivity index (χ0) is 13.1. The van der Waals surface area contributed by atoms with E-state index in [1.807, 2.05) is 0 Å². The Morgan fingerprint density at radius 3 is 2.53 bits per heavy atom. The minimum absolute atomic E-state index is 0.213. The summed E-state index contributed by atoms with van der Waals surface area (Å²) in [6.07, 6.45) is 0. The van der Waals surface area contributed by atoms with Crippen molar-refractivity contribution >= 4 is 5.69 Å². The van der Waals surface area contributed by atoms with Gasteiger partial charge in [0.2, 0.25) is 0 Å². The van der Waals surface area contributed by atoms with Crippen LogP contribution in [0.2, 0.25) is 0 Å². The zero-order valence-corrected chi connectivity index (χ0v) is 11.2. The smallest absolute Gasteiger partial charge is 0.129 e. The molecule has 0 aliphatic heterocycles. The molecule has 0 atom stereocenters. The summed E-state index contributed by atoms with van der Waals surface area (Å²) in [5.41, 5.74) is 6.85. The van der Waals surface area contributed by atoms with Gasteiger partial charge in [-0.15, -0.1) is 0 Å². The second-order valence-electron chi connectivity index (χ2n) is 5.60. The first kappa shape index (κ1) is 14.0. The number of nitrogens with two attached hydrogens (primary N) is 1. The minimum atomic E-state index is -0.236. The first-order chi connectivity index (χ1) is 7.83. The Kier molecular flexibility index (Phi) is 4.52. The van der Waals surface area contributed by atoms with Crippen molar-refractivity contribution in [3.05, 3.63) is 29.6 Å². The van der Waals surface area contributed by atoms with Crippen LogP contribution in [-0.2, 0) is 6.54 Å². The van der Waals surface area contributed by atoms with Crippen LogP contribution in [0.3, 0.4) is 0 Å². The van der Waals surface area contributed by atoms with E-state index in [2.05, 4.69) is 33.0 Å². The lowest BCUT2D eigenvalue weighted by Gasteiger charge is -2.29. The van der Waals surface area contributed by atoms with Crippen LogP contribution in [0.25, 0.3) is 0 Å². The second kappa shape index (κ2) is 5.50. The fourth-order valence-corrected chi connectivity index (χ4v) is 1.43. The van der Waals surface area contributed by atoms with Gasteiger partial charge in [0.1, 0.15) is 5.82 Å². The summed E-state index contributed by atoms with van der Waals surface area (Å²) in [5.74, 6) is 0.353. The molecule has 0 amide bonds. The van der Waals surface area contributed by atoms with Gasteiger partial charge < -0.3 is 11.1 Å². The van der Waals surface area contributed by atoms with Crippen molar-refractivity contribution in [1.82, 2.24) is 5.32 Å². The van der Waals surface area contributed by atoms with Crippen LogP contribution >= 0.6 is 0 Å². The average molecular weight is 238 g/mol. The number of hydrogen-bond acceptors (Lipinski definition) is 2. The Hall–Kier alpha value is -1.09. The van der Waals surface area contributed by atoms with Gasteiger partial charge >= 0.3 is 0 Å². The Balaban J connectivity index is 2.51. The summed E-state index contributed by atoms with van der Waals surface area (Å²) in [6.45, 7) is 10.2. The van der Waals surface area contributed by atoms with Crippen molar-refractivity contribution in [3.8, 4) is 0 Å². The predicted molar refractivity (Wildman–Crippen MR) is 71.1 cm³/mol. The Morgan fingerprint density at radius 2 is 2.00 bits per heavy atom. The first-order valence-electron chi connectivity index (χ1n) is 6.07. The molecule has 0 spiro atoms. The molecule has 0 radical (unpaired) electrons. The molecule has 2 nitrogen and oxygen atoms in total. The van der Waals surface area contributed by atoms with E-state index in [9.17, 15) is 4.39 Å². The van der Waals surface area contributed by atoms with E-state index >= 15 is 0 Å². The molecule has 1 aromatic rings. The highest BCUT2D eigenvalue weighted by molar-refractivity contribution is 5.40. The summed E-state index contributed by atoms with van der Waals surface area (Å²) >= 11 is 0. The average Bonchev–Trinajstić information content (AvgIpc) is 2.21. The van der Waals surface area contributed by atoms with Gasteiger partial charge in [-0.2, -0.15) is 0 Å². The van der Waals surface area contributed by atoms with Crippen LogP contribution in [0.15, 0.2) is 18.2 Å². The number of hydrogen-bond donors (Lipinski definition) is 2. The highest BCUT2D eigenvalue weighted by Gasteiger charge is 2.21. The van der Waals surface area contributed by atoms with E-state index in [0.29, 0.717) is 23.7 Å². The Morgan fingerprint density at radius 1 is 1.35 bits per heavy atom. The van der Waals surface area contributed by atoms with Crippen LogP contribution in [0.4, 0.5) is 10.1 Å². The third-order valence-electron chi connectivity index (χ3n) is 3.54. The number of nitrogens with one attached hydrogen (secondary N) is 1. The molecule has 1 rings (SSSR count). The Labute approximate surface area is 103 Å². The molecule has 96 valence electrons. The third-order valence-corrected chi connectivity index (χ3v) is 3.54. The van der Waals surface area contributed by atoms with E-state index in [0.717, 1.165) is 6.54 Å². The molecule has 0 aliphatic rings. The van der Waals surface area contributed by atoms with Gasteiger partial charge in [0.15, 0.2) is 0 Å². The van der Waals surface area contributed by atoms with E-state index in [-0.39, 0.29) is 11.2 Å². The molecule has 3 N–H and O–H groups in total. The molecule has 0 saturated heterocycles. The molecule has 3 heteroatoms. The van der Waals surface area contributed by atoms with Crippen molar-refractivity contribution in [3.63, 3.8) is 0 Å². The van der Waals surface area contributed by atoms with Gasteiger partial charge in [-0.05, 0) is 23.5 Å². The molecule has 0 aromatic heterocycles. The quantitative estimate of drug-likeness (QED) is 0.773. The van der Waals surface area contributed by atoms with Crippen LogP contribution in [0, 0.1) is 17.2 Å². The third kappa shape index (κ3) is 4.00. The van der Waals surface area contributed by atoms with Gasteiger partial charge in [-0.1, -0.05) is 33.8 Å². The number of benzene rings is 1. The van der Waals surface area contributed by atoms with E-state index in [1.54, 1.807) is 12.1 Å². The highest BCUT2D eigenvalue weighted by atomic mass is 19.1. The van der Waals surface area contributed by atoms with Gasteiger partial charge in [-0.3, -0.25) is 0 Å². The molecule has 0 unspecified atom stereocenters. The van der Waals surface area contributed by atoms with Crippen LogP contribution < -0.4 is 11.1 Å². The van der Waals surface area contributed by atoms with Gasteiger partial charge in [0.25, 0.3) is 0 Å². The fraction of sp³-hybridized carbons (Fsp3) is 0.571. The van der Waals surface area contributed by atoms with Crippen LogP contribution in [0.5, 0.6) is 0 Å². The monoisotopic (exact) mass is 238 g/mol. The minimum Gasteiger partial charge on any atom is -0.399 e. The molecule has 17 heavy (non-hydrogen) atoms. The van der Waals surface area contributed by atoms with Crippen molar-refractivity contribution in [1.29, 1.82) is 0 Å². The maximum atomic E-state index is 13.5. The number of nitrogen functional groups attached to an aromatic ring is 1. The molecular formula is C14H23FN2. The number of halogens is 1. The summed E-state index contributed by atoms with van der Waals surface area (Å²) in [7, 11) is 0. The largest absolute Gasteiger partial charge is 0.399 e. The molecule has 0 fully saturated rings. The normalized spacial score (nSPS) is 12.1. The van der Waals surface area contributed by atoms with Crippen LogP contribution in [-0.4, -0.2) is 6.54 Å². The number of rotatable bonds is 5. The zero-order valence-electron chi connectivity index (χ0n) is 11.2. The van der Waals surface area contributed by atoms with E-state index < -0.39 is 0 Å².